The van der Waals surface area contributed by atoms with Crippen LogP contribution in [0.3, 0.4) is 0 Å². The molecule has 2 aromatic rings. The maximum absolute atomic E-state index is 10.7. The van der Waals surface area contributed by atoms with Gasteiger partial charge in [-0.05, 0) is 12.1 Å². The molecule has 0 unspecified atom stereocenters. The molecule has 8 nitrogen and oxygen atoms in total. The first-order chi connectivity index (χ1) is 9.56. The summed E-state index contributed by atoms with van der Waals surface area (Å²) >= 11 is 0. The van der Waals surface area contributed by atoms with Crippen molar-refractivity contribution < 1.29 is 14.6 Å². The third-order valence-electron chi connectivity index (χ3n) is 2.41. The van der Waals surface area contributed by atoms with Crippen LogP contribution in [0.2, 0.25) is 0 Å². The highest BCUT2D eigenvalue weighted by Gasteiger charge is 2.17. The Morgan fingerprint density at radius 2 is 1.70 bits per heavy atom. The van der Waals surface area contributed by atoms with Crippen LogP contribution in [-0.4, -0.2) is 14.8 Å². The summed E-state index contributed by atoms with van der Waals surface area (Å²) < 4.78 is 5.30. The number of ether oxygens (including phenoxy) is 1. The molecule has 0 atom stereocenters. The summed E-state index contributed by atoms with van der Waals surface area (Å²) in [7, 11) is 0. The minimum absolute atomic E-state index is 0.0524. The lowest BCUT2D eigenvalue weighted by atomic mass is 10.2. The molecular formula is C12H9N3O5. The van der Waals surface area contributed by atoms with E-state index in [0.29, 0.717) is 5.69 Å². The zero-order chi connectivity index (χ0) is 14.5. The van der Waals surface area contributed by atoms with E-state index in [1.54, 1.807) is 24.4 Å². The number of benzene rings is 1. The van der Waals surface area contributed by atoms with Crippen molar-refractivity contribution in [2.75, 3.05) is 0 Å². The Kier molecular flexibility index (Phi) is 3.85. The fourth-order valence-electron chi connectivity index (χ4n) is 1.50. The molecule has 0 aliphatic heterocycles. The lowest BCUT2D eigenvalue weighted by Gasteiger charge is -2.05. The molecule has 0 saturated carbocycles. The number of nitro benzene ring substituents is 2. The van der Waals surface area contributed by atoms with Gasteiger partial charge in [-0.3, -0.25) is 25.2 Å². The predicted molar refractivity (Wildman–Crippen MR) is 68.3 cm³/mol. The van der Waals surface area contributed by atoms with Crippen LogP contribution >= 0.6 is 0 Å². The summed E-state index contributed by atoms with van der Waals surface area (Å²) in [4.78, 5) is 24.0. The molecule has 0 saturated heterocycles. The third-order valence-corrected chi connectivity index (χ3v) is 2.41. The van der Waals surface area contributed by atoms with Gasteiger partial charge in [0.25, 0.3) is 11.4 Å². The van der Waals surface area contributed by atoms with E-state index >= 15 is 0 Å². The van der Waals surface area contributed by atoms with Crippen LogP contribution in [0.4, 0.5) is 11.4 Å². The quantitative estimate of drug-likeness (QED) is 0.612. The van der Waals surface area contributed by atoms with Gasteiger partial charge in [0.05, 0.1) is 33.7 Å². The van der Waals surface area contributed by atoms with Crippen LogP contribution < -0.4 is 4.74 Å². The number of rotatable bonds is 5. The highest BCUT2D eigenvalue weighted by molar-refractivity contribution is 5.49. The van der Waals surface area contributed by atoms with E-state index in [1.165, 1.54) is 0 Å². The molecule has 0 spiro atoms. The third kappa shape index (κ3) is 3.25. The van der Waals surface area contributed by atoms with E-state index in [9.17, 15) is 20.2 Å². The Hall–Kier alpha value is -3.03. The average Bonchev–Trinajstić information content (AvgIpc) is 2.45. The van der Waals surface area contributed by atoms with E-state index in [0.717, 1.165) is 18.2 Å². The number of non-ortho nitro benzene ring substituents is 2. The molecule has 0 aliphatic rings. The molecule has 2 rings (SSSR count). The fraction of sp³-hybridized carbons (Fsp3) is 0.0833. The van der Waals surface area contributed by atoms with Crippen molar-refractivity contribution in [1.82, 2.24) is 4.98 Å². The van der Waals surface area contributed by atoms with E-state index in [2.05, 4.69) is 4.98 Å². The van der Waals surface area contributed by atoms with E-state index in [-0.39, 0.29) is 12.4 Å². The molecule has 8 heteroatoms. The number of hydrogen-bond donors (Lipinski definition) is 0. The summed E-state index contributed by atoms with van der Waals surface area (Å²) in [5.41, 5.74) is -0.174. The van der Waals surface area contributed by atoms with E-state index in [1.807, 2.05) is 0 Å². The summed E-state index contributed by atoms with van der Waals surface area (Å²) in [5, 5.41) is 21.4. The number of nitro groups is 2. The van der Waals surface area contributed by atoms with Crippen molar-refractivity contribution in [1.29, 1.82) is 0 Å². The Balaban J connectivity index is 2.22. The van der Waals surface area contributed by atoms with Crippen LogP contribution in [0, 0.1) is 20.2 Å². The summed E-state index contributed by atoms with van der Waals surface area (Å²) in [6.45, 7) is 0.0686. The lowest BCUT2D eigenvalue weighted by molar-refractivity contribution is -0.394. The van der Waals surface area contributed by atoms with E-state index < -0.39 is 21.2 Å². The van der Waals surface area contributed by atoms with Gasteiger partial charge in [0.2, 0.25) is 0 Å². The second-order valence-electron chi connectivity index (χ2n) is 3.81. The van der Waals surface area contributed by atoms with Gasteiger partial charge in [0.15, 0.2) is 0 Å². The highest BCUT2D eigenvalue weighted by atomic mass is 16.6. The van der Waals surface area contributed by atoms with Gasteiger partial charge in [0, 0.05) is 6.20 Å². The second kappa shape index (κ2) is 5.74. The summed E-state index contributed by atoms with van der Waals surface area (Å²) in [6.07, 6.45) is 1.58. The van der Waals surface area contributed by atoms with Crippen molar-refractivity contribution in [3.8, 4) is 5.75 Å². The molecule has 0 fully saturated rings. The van der Waals surface area contributed by atoms with Crippen LogP contribution in [-0.2, 0) is 6.61 Å². The first kappa shape index (κ1) is 13.4. The second-order valence-corrected chi connectivity index (χ2v) is 3.81. The summed E-state index contributed by atoms with van der Waals surface area (Å²) in [5.74, 6) is 0.0524. The Labute approximate surface area is 112 Å². The zero-order valence-corrected chi connectivity index (χ0v) is 10.1. The minimum atomic E-state index is -0.708. The molecule has 1 aromatic heterocycles. The Bertz CT molecular complexity index is 613. The predicted octanol–water partition coefficient (Wildman–Crippen LogP) is 2.48. The first-order valence-electron chi connectivity index (χ1n) is 5.53. The smallest absolute Gasteiger partial charge is 0.280 e. The van der Waals surface area contributed by atoms with Gasteiger partial charge >= 0.3 is 0 Å². The highest BCUT2D eigenvalue weighted by Crippen LogP contribution is 2.27. The molecule has 102 valence electrons. The standard InChI is InChI=1S/C12H9N3O5/c16-14(17)10-5-11(15(18)19)7-12(6-10)20-8-9-3-1-2-4-13-9/h1-7H,8H2. The average molecular weight is 275 g/mol. The molecule has 0 aliphatic carbocycles. The number of nitrogens with zero attached hydrogens (tertiary/aromatic N) is 3. The van der Waals surface area contributed by atoms with Gasteiger partial charge in [-0.15, -0.1) is 0 Å². The normalized spacial score (nSPS) is 10.0. The van der Waals surface area contributed by atoms with Crippen molar-refractivity contribution in [2.24, 2.45) is 0 Å². The van der Waals surface area contributed by atoms with Crippen molar-refractivity contribution >= 4 is 11.4 Å². The van der Waals surface area contributed by atoms with Crippen LogP contribution in [0.25, 0.3) is 0 Å². The molecule has 0 bridgehead atoms. The number of pyridine rings is 1. The Morgan fingerprint density at radius 3 is 2.20 bits per heavy atom. The molecule has 20 heavy (non-hydrogen) atoms. The van der Waals surface area contributed by atoms with Gasteiger partial charge in [-0.25, -0.2) is 0 Å². The van der Waals surface area contributed by atoms with Crippen LogP contribution in [0.5, 0.6) is 5.75 Å². The topological polar surface area (TPSA) is 108 Å². The van der Waals surface area contributed by atoms with E-state index in [4.69, 9.17) is 4.74 Å². The molecular weight excluding hydrogens is 266 g/mol. The van der Waals surface area contributed by atoms with Gasteiger partial charge < -0.3 is 4.74 Å². The molecule has 1 aromatic carbocycles. The monoisotopic (exact) mass is 275 g/mol. The van der Waals surface area contributed by atoms with Crippen molar-refractivity contribution in [3.63, 3.8) is 0 Å². The lowest BCUT2D eigenvalue weighted by Crippen LogP contribution is -1.99. The van der Waals surface area contributed by atoms with Gasteiger partial charge in [0.1, 0.15) is 12.4 Å². The molecule has 0 radical (unpaired) electrons. The van der Waals surface area contributed by atoms with Crippen LogP contribution in [0.15, 0.2) is 42.6 Å². The molecule has 0 amide bonds. The summed E-state index contributed by atoms with van der Waals surface area (Å²) in [6, 6.07) is 8.37. The maximum atomic E-state index is 10.7. The van der Waals surface area contributed by atoms with Crippen molar-refractivity contribution in [3.05, 3.63) is 68.5 Å². The number of hydrogen-bond acceptors (Lipinski definition) is 6. The molecule has 1 heterocycles. The van der Waals surface area contributed by atoms with Crippen LogP contribution in [0.1, 0.15) is 5.69 Å². The maximum Gasteiger partial charge on any atom is 0.280 e. The molecule has 0 N–H and O–H groups in total. The zero-order valence-electron chi connectivity index (χ0n) is 10.1. The van der Waals surface area contributed by atoms with Gasteiger partial charge in [-0.2, -0.15) is 0 Å². The van der Waals surface area contributed by atoms with Crippen molar-refractivity contribution in [2.45, 2.75) is 6.61 Å². The first-order valence-corrected chi connectivity index (χ1v) is 5.53. The minimum Gasteiger partial charge on any atom is -0.487 e. The van der Waals surface area contributed by atoms with Gasteiger partial charge in [-0.1, -0.05) is 6.07 Å². The largest absolute Gasteiger partial charge is 0.487 e. The number of aromatic nitrogens is 1. The fourth-order valence-corrected chi connectivity index (χ4v) is 1.50. The SMILES string of the molecule is O=[N+]([O-])c1cc(OCc2ccccn2)cc([N+](=O)[O-])c1. The Morgan fingerprint density at radius 1 is 1.05 bits per heavy atom.